The standard InChI is InChI=1S/C18H15NOS/c20-11-12-21-17-13-16(14-7-3-1-4-8-14)18(19-17)15-9-5-2-6-10-15/h1-11H,12-13H2. The molecule has 2 aromatic carbocycles. The van der Waals surface area contributed by atoms with E-state index in [2.05, 4.69) is 24.3 Å². The van der Waals surface area contributed by atoms with Gasteiger partial charge in [-0.15, -0.1) is 11.8 Å². The first kappa shape index (κ1) is 13.8. The molecule has 3 rings (SSSR count). The fraction of sp³-hybridized carbons (Fsp3) is 0.111. The first-order valence-electron chi connectivity index (χ1n) is 6.86. The molecule has 0 saturated heterocycles. The van der Waals surface area contributed by atoms with Gasteiger partial charge in [-0.2, -0.15) is 0 Å². The zero-order valence-electron chi connectivity index (χ0n) is 11.5. The fourth-order valence-corrected chi connectivity index (χ4v) is 3.06. The third-order valence-corrected chi connectivity index (χ3v) is 4.21. The molecule has 1 aliphatic heterocycles. The second kappa shape index (κ2) is 6.55. The number of hydrogen-bond acceptors (Lipinski definition) is 3. The van der Waals surface area contributed by atoms with Crippen molar-refractivity contribution in [2.24, 2.45) is 4.99 Å². The number of carbonyl (C=O) groups excluding carboxylic acids is 1. The summed E-state index contributed by atoms with van der Waals surface area (Å²) in [5, 5.41) is 1.01. The molecule has 2 nitrogen and oxygen atoms in total. The van der Waals surface area contributed by atoms with Gasteiger partial charge in [-0.05, 0) is 11.1 Å². The Balaban J connectivity index is 2.00. The number of benzene rings is 2. The molecule has 0 saturated carbocycles. The Morgan fingerprint density at radius 3 is 2.19 bits per heavy atom. The second-order valence-electron chi connectivity index (χ2n) is 4.72. The summed E-state index contributed by atoms with van der Waals surface area (Å²) in [7, 11) is 0. The van der Waals surface area contributed by atoms with Crippen LogP contribution in [0.4, 0.5) is 0 Å². The van der Waals surface area contributed by atoms with Gasteiger partial charge in [-0.3, -0.25) is 0 Å². The lowest BCUT2D eigenvalue weighted by molar-refractivity contribution is -0.105. The minimum atomic E-state index is 0.461. The van der Waals surface area contributed by atoms with Crippen molar-refractivity contribution in [1.82, 2.24) is 0 Å². The molecular weight excluding hydrogens is 278 g/mol. The van der Waals surface area contributed by atoms with Gasteiger partial charge in [0.15, 0.2) is 0 Å². The van der Waals surface area contributed by atoms with Gasteiger partial charge < -0.3 is 4.79 Å². The second-order valence-corrected chi connectivity index (χ2v) is 5.81. The lowest BCUT2D eigenvalue weighted by atomic mass is 9.99. The maximum absolute atomic E-state index is 10.6. The van der Waals surface area contributed by atoms with E-state index >= 15 is 0 Å². The van der Waals surface area contributed by atoms with Gasteiger partial charge in [0.2, 0.25) is 0 Å². The van der Waals surface area contributed by atoms with Gasteiger partial charge >= 0.3 is 0 Å². The first-order valence-corrected chi connectivity index (χ1v) is 7.85. The summed E-state index contributed by atoms with van der Waals surface area (Å²) in [5.74, 6) is 0.461. The van der Waals surface area contributed by atoms with Crippen molar-refractivity contribution in [3.63, 3.8) is 0 Å². The molecule has 21 heavy (non-hydrogen) atoms. The van der Waals surface area contributed by atoms with Crippen LogP contribution < -0.4 is 0 Å². The summed E-state index contributed by atoms with van der Waals surface area (Å²) < 4.78 is 0. The van der Waals surface area contributed by atoms with Crippen LogP contribution in [0.3, 0.4) is 0 Å². The number of aliphatic imine (C=N–C) groups is 1. The number of carbonyl (C=O) groups is 1. The van der Waals surface area contributed by atoms with Crippen molar-refractivity contribution in [3.8, 4) is 0 Å². The van der Waals surface area contributed by atoms with Crippen LogP contribution in [0.1, 0.15) is 17.5 Å². The molecule has 0 aromatic heterocycles. The van der Waals surface area contributed by atoms with Crippen molar-refractivity contribution in [2.75, 3.05) is 5.75 Å². The Kier molecular flexibility index (Phi) is 4.31. The van der Waals surface area contributed by atoms with Gasteiger partial charge in [-0.25, -0.2) is 4.99 Å². The maximum Gasteiger partial charge on any atom is 0.130 e. The van der Waals surface area contributed by atoms with E-state index < -0.39 is 0 Å². The molecule has 1 aliphatic rings. The van der Waals surface area contributed by atoms with E-state index in [9.17, 15) is 4.79 Å². The highest BCUT2D eigenvalue weighted by molar-refractivity contribution is 8.14. The molecule has 2 aromatic rings. The normalized spacial score (nSPS) is 14.2. The largest absolute Gasteiger partial charge is 0.302 e. The van der Waals surface area contributed by atoms with Gasteiger partial charge in [0.1, 0.15) is 6.29 Å². The minimum Gasteiger partial charge on any atom is -0.302 e. The number of rotatable bonds is 4. The Hall–Kier alpha value is -2.13. The van der Waals surface area contributed by atoms with E-state index in [1.165, 1.54) is 22.9 Å². The number of nitrogens with zero attached hydrogens (tertiary/aromatic N) is 1. The smallest absolute Gasteiger partial charge is 0.130 e. The van der Waals surface area contributed by atoms with Gasteiger partial charge in [0.25, 0.3) is 0 Å². The monoisotopic (exact) mass is 293 g/mol. The molecule has 0 spiro atoms. The Morgan fingerprint density at radius 2 is 1.57 bits per heavy atom. The lowest BCUT2D eigenvalue weighted by Gasteiger charge is -2.06. The quantitative estimate of drug-likeness (QED) is 0.787. The Morgan fingerprint density at radius 1 is 0.952 bits per heavy atom. The van der Waals surface area contributed by atoms with Crippen LogP contribution in [0.5, 0.6) is 0 Å². The van der Waals surface area contributed by atoms with E-state index in [4.69, 9.17) is 4.99 Å². The van der Waals surface area contributed by atoms with Crippen LogP contribution in [-0.4, -0.2) is 17.1 Å². The molecule has 0 aliphatic carbocycles. The third kappa shape index (κ3) is 3.14. The summed E-state index contributed by atoms with van der Waals surface area (Å²) in [6.45, 7) is 0. The Labute approximate surface area is 128 Å². The fourth-order valence-electron chi connectivity index (χ4n) is 2.39. The van der Waals surface area contributed by atoms with Crippen LogP contribution in [-0.2, 0) is 4.79 Å². The van der Waals surface area contributed by atoms with Crippen LogP contribution in [0.2, 0.25) is 0 Å². The van der Waals surface area contributed by atoms with Crippen LogP contribution in [0, 0.1) is 0 Å². The molecular formula is C18H15NOS. The number of allylic oxidation sites excluding steroid dienone is 1. The van der Waals surface area contributed by atoms with Crippen molar-refractivity contribution in [2.45, 2.75) is 6.42 Å². The summed E-state index contributed by atoms with van der Waals surface area (Å²) in [4.78, 5) is 15.3. The molecule has 0 fully saturated rings. The molecule has 0 radical (unpaired) electrons. The van der Waals surface area contributed by atoms with Crippen molar-refractivity contribution >= 4 is 34.4 Å². The average Bonchev–Trinajstić information content (AvgIpc) is 2.99. The number of hydrogen-bond donors (Lipinski definition) is 0. The number of aldehydes is 1. The molecule has 0 bridgehead atoms. The molecule has 0 unspecified atom stereocenters. The lowest BCUT2D eigenvalue weighted by Crippen LogP contribution is -1.92. The van der Waals surface area contributed by atoms with E-state index in [0.29, 0.717) is 5.75 Å². The van der Waals surface area contributed by atoms with Crippen LogP contribution in [0.25, 0.3) is 11.3 Å². The zero-order chi connectivity index (χ0) is 14.5. The van der Waals surface area contributed by atoms with E-state index in [1.54, 1.807) is 0 Å². The minimum absolute atomic E-state index is 0.461. The summed E-state index contributed by atoms with van der Waals surface area (Å²) >= 11 is 1.52. The molecule has 0 N–H and O–H groups in total. The highest BCUT2D eigenvalue weighted by atomic mass is 32.2. The topological polar surface area (TPSA) is 29.4 Å². The van der Waals surface area contributed by atoms with E-state index in [1.807, 2.05) is 36.4 Å². The Bertz CT molecular complexity index is 690. The summed E-state index contributed by atoms with van der Waals surface area (Å²) in [6, 6.07) is 20.5. The van der Waals surface area contributed by atoms with E-state index in [-0.39, 0.29) is 0 Å². The van der Waals surface area contributed by atoms with Crippen LogP contribution in [0.15, 0.2) is 65.7 Å². The van der Waals surface area contributed by atoms with Crippen LogP contribution >= 0.6 is 11.8 Å². The van der Waals surface area contributed by atoms with Crippen molar-refractivity contribution in [3.05, 3.63) is 71.8 Å². The SMILES string of the molecule is O=CCSC1=NC(c2ccccc2)=C(c2ccccc2)C1. The zero-order valence-corrected chi connectivity index (χ0v) is 12.3. The molecule has 104 valence electrons. The third-order valence-electron chi connectivity index (χ3n) is 3.34. The predicted octanol–water partition coefficient (Wildman–Crippen LogP) is 4.29. The van der Waals surface area contributed by atoms with Gasteiger partial charge in [0.05, 0.1) is 16.5 Å². The van der Waals surface area contributed by atoms with E-state index in [0.717, 1.165) is 29.0 Å². The highest BCUT2D eigenvalue weighted by Crippen LogP contribution is 2.37. The number of thioether (sulfide) groups is 1. The predicted molar refractivity (Wildman–Crippen MR) is 90.3 cm³/mol. The van der Waals surface area contributed by atoms with Crippen molar-refractivity contribution in [1.29, 1.82) is 0 Å². The van der Waals surface area contributed by atoms with Gasteiger partial charge in [0, 0.05) is 12.0 Å². The highest BCUT2D eigenvalue weighted by Gasteiger charge is 2.20. The first-order chi connectivity index (χ1) is 10.4. The molecule has 1 heterocycles. The summed E-state index contributed by atoms with van der Waals surface area (Å²) in [6.07, 6.45) is 1.72. The molecule has 0 amide bonds. The van der Waals surface area contributed by atoms with Crippen molar-refractivity contribution < 1.29 is 4.79 Å². The maximum atomic E-state index is 10.6. The average molecular weight is 293 g/mol. The van der Waals surface area contributed by atoms with Gasteiger partial charge in [-0.1, -0.05) is 60.7 Å². The summed E-state index contributed by atoms with van der Waals surface area (Å²) in [5.41, 5.74) is 4.57. The molecule has 3 heteroatoms. The molecule has 0 atom stereocenters.